The van der Waals surface area contributed by atoms with Crippen LogP contribution >= 0.6 is 0 Å². The van der Waals surface area contributed by atoms with Gasteiger partial charge < -0.3 is 5.11 Å². The van der Waals surface area contributed by atoms with Crippen molar-refractivity contribution in [1.29, 1.82) is 0 Å². The van der Waals surface area contributed by atoms with Crippen LogP contribution in [0.25, 0.3) is 10.8 Å². The van der Waals surface area contributed by atoms with E-state index in [9.17, 15) is 9.90 Å². The molecule has 0 spiro atoms. The molecule has 0 amide bonds. The van der Waals surface area contributed by atoms with Gasteiger partial charge in [0.2, 0.25) is 0 Å². The van der Waals surface area contributed by atoms with Crippen molar-refractivity contribution in [1.82, 2.24) is 15.0 Å². The predicted molar refractivity (Wildman–Crippen MR) is 70.0 cm³/mol. The highest BCUT2D eigenvalue weighted by Crippen LogP contribution is 2.23. The van der Waals surface area contributed by atoms with E-state index in [2.05, 4.69) is 10.3 Å². The fourth-order valence-corrected chi connectivity index (χ4v) is 2.19. The molecule has 19 heavy (non-hydrogen) atoms. The van der Waals surface area contributed by atoms with Crippen LogP contribution in [-0.4, -0.2) is 26.1 Å². The van der Waals surface area contributed by atoms with Gasteiger partial charge in [0.15, 0.2) is 0 Å². The lowest BCUT2D eigenvalue weighted by atomic mass is 9.99. The van der Waals surface area contributed by atoms with Gasteiger partial charge >= 0.3 is 5.97 Å². The van der Waals surface area contributed by atoms with Gasteiger partial charge in [0.25, 0.3) is 0 Å². The Morgan fingerprint density at radius 1 is 1.21 bits per heavy atom. The van der Waals surface area contributed by atoms with Crippen LogP contribution < -0.4 is 0 Å². The molecule has 3 aromatic rings. The number of hydrogen-bond donors (Lipinski definition) is 1. The van der Waals surface area contributed by atoms with E-state index in [1.807, 2.05) is 36.4 Å². The molecule has 0 bridgehead atoms. The second kappa shape index (κ2) is 4.53. The third kappa shape index (κ3) is 2.06. The summed E-state index contributed by atoms with van der Waals surface area (Å²) in [7, 11) is 0. The number of aromatic carboxylic acids is 1. The Balaban J connectivity index is 2.18. The van der Waals surface area contributed by atoms with Crippen LogP contribution in [0.1, 0.15) is 15.9 Å². The smallest absolute Gasteiger partial charge is 0.336 e. The zero-order valence-electron chi connectivity index (χ0n) is 10.0. The minimum atomic E-state index is -0.924. The monoisotopic (exact) mass is 253 g/mol. The highest BCUT2D eigenvalue weighted by atomic mass is 16.4. The minimum Gasteiger partial charge on any atom is -0.478 e. The standard InChI is InChI=1S/C14H11N3O2/c18-14(19)13-11(9-17-8-7-15-16-17)6-5-10-3-1-2-4-12(10)13/h1-8H,9H2,(H,18,19). The van der Waals surface area contributed by atoms with Crippen LogP contribution in [0, 0.1) is 0 Å². The van der Waals surface area contributed by atoms with Gasteiger partial charge in [0.05, 0.1) is 18.3 Å². The lowest BCUT2D eigenvalue weighted by molar-refractivity contribution is 0.0697. The largest absolute Gasteiger partial charge is 0.478 e. The molecule has 0 saturated carbocycles. The molecule has 5 heteroatoms. The quantitative estimate of drug-likeness (QED) is 0.776. The van der Waals surface area contributed by atoms with Gasteiger partial charge in [0, 0.05) is 6.20 Å². The summed E-state index contributed by atoms with van der Waals surface area (Å²) in [6, 6.07) is 11.2. The molecular formula is C14H11N3O2. The molecule has 5 nitrogen and oxygen atoms in total. The molecule has 0 aliphatic heterocycles. The Bertz CT molecular complexity index is 736. The van der Waals surface area contributed by atoms with E-state index in [0.717, 1.165) is 16.3 Å². The summed E-state index contributed by atoms with van der Waals surface area (Å²) < 4.78 is 1.61. The van der Waals surface area contributed by atoms with E-state index < -0.39 is 5.97 Å². The topological polar surface area (TPSA) is 68.0 Å². The molecule has 94 valence electrons. The molecule has 0 fully saturated rings. The molecule has 3 rings (SSSR count). The van der Waals surface area contributed by atoms with E-state index in [-0.39, 0.29) is 0 Å². The van der Waals surface area contributed by atoms with E-state index in [1.54, 1.807) is 17.1 Å². The first-order chi connectivity index (χ1) is 9.25. The van der Waals surface area contributed by atoms with Crippen molar-refractivity contribution in [2.75, 3.05) is 0 Å². The average molecular weight is 253 g/mol. The number of hydrogen-bond acceptors (Lipinski definition) is 3. The molecule has 0 saturated heterocycles. The van der Waals surface area contributed by atoms with Crippen molar-refractivity contribution in [3.8, 4) is 0 Å². The van der Waals surface area contributed by atoms with Gasteiger partial charge in [-0.2, -0.15) is 0 Å². The molecule has 0 unspecified atom stereocenters. The summed E-state index contributed by atoms with van der Waals surface area (Å²) in [4.78, 5) is 11.5. The fraction of sp³-hybridized carbons (Fsp3) is 0.0714. The number of carboxylic acids is 1. The first kappa shape index (κ1) is 11.4. The number of rotatable bonds is 3. The maximum atomic E-state index is 11.5. The summed E-state index contributed by atoms with van der Waals surface area (Å²) >= 11 is 0. The average Bonchev–Trinajstić information content (AvgIpc) is 2.91. The second-order valence-corrected chi connectivity index (χ2v) is 4.23. The minimum absolute atomic E-state index is 0.327. The zero-order valence-corrected chi connectivity index (χ0v) is 10.0. The molecule has 1 aromatic heterocycles. The molecule has 0 atom stereocenters. The first-order valence-electron chi connectivity index (χ1n) is 5.84. The fourth-order valence-electron chi connectivity index (χ4n) is 2.19. The van der Waals surface area contributed by atoms with Crippen molar-refractivity contribution in [2.24, 2.45) is 0 Å². The van der Waals surface area contributed by atoms with Crippen LogP contribution in [0.5, 0.6) is 0 Å². The van der Waals surface area contributed by atoms with Crippen molar-refractivity contribution in [3.63, 3.8) is 0 Å². The third-order valence-electron chi connectivity index (χ3n) is 3.03. The number of carboxylic acid groups (broad SMARTS) is 1. The number of benzene rings is 2. The molecule has 2 aromatic carbocycles. The normalized spacial score (nSPS) is 10.7. The molecule has 0 radical (unpaired) electrons. The maximum absolute atomic E-state index is 11.5. The highest BCUT2D eigenvalue weighted by Gasteiger charge is 2.14. The lowest BCUT2D eigenvalue weighted by Crippen LogP contribution is -2.08. The maximum Gasteiger partial charge on any atom is 0.336 e. The van der Waals surface area contributed by atoms with Gasteiger partial charge in [-0.1, -0.05) is 41.6 Å². The molecule has 1 N–H and O–H groups in total. The van der Waals surface area contributed by atoms with Crippen molar-refractivity contribution in [3.05, 3.63) is 59.9 Å². The number of nitrogens with zero attached hydrogens (tertiary/aromatic N) is 3. The Kier molecular flexibility index (Phi) is 2.72. The van der Waals surface area contributed by atoms with Crippen molar-refractivity contribution in [2.45, 2.75) is 6.54 Å². The second-order valence-electron chi connectivity index (χ2n) is 4.23. The Morgan fingerprint density at radius 3 is 2.79 bits per heavy atom. The van der Waals surface area contributed by atoms with E-state index >= 15 is 0 Å². The van der Waals surface area contributed by atoms with E-state index in [4.69, 9.17) is 0 Å². The van der Waals surface area contributed by atoms with Crippen LogP contribution in [-0.2, 0) is 6.54 Å². The van der Waals surface area contributed by atoms with Crippen LogP contribution in [0.4, 0.5) is 0 Å². The summed E-state index contributed by atoms with van der Waals surface area (Å²) in [6.45, 7) is 0.395. The first-order valence-corrected chi connectivity index (χ1v) is 5.84. The molecule has 1 heterocycles. The van der Waals surface area contributed by atoms with Gasteiger partial charge in [0.1, 0.15) is 0 Å². The van der Waals surface area contributed by atoms with Gasteiger partial charge in [-0.15, -0.1) is 5.10 Å². The molecule has 0 aliphatic rings. The van der Waals surface area contributed by atoms with E-state index in [0.29, 0.717) is 12.1 Å². The van der Waals surface area contributed by atoms with Gasteiger partial charge in [-0.05, 0) is 16.3 Å². The van der Waals surface area contributed by atoms with Crippen molar-refractivity contribution >= 4 is 16.7 Å². The highest BCUT2D eigenvalue weighted by molar-refractivity contribution is 6.05. The van der Waals surface area contributed by atoms with Crippen molar-refractivity contribution < 1.29 is 9.90 Å². The molecular weight excluding hydrogens is 242 g/mol. The van der Waals surface area contributed by atoms with Crippen LogP contribution in [0.3, 0.4) is 0 Å². The lowest BCUT2D eigenvalue weighted by Gasteiger charge is -2.09. The number of fused-ring (bicyclic) bond motifs is 1. The Hall–Kier alpha value is -2.69. The SMILES string of the molecule is O=C(O)c1c(Cn2ccnn2)ccc2ccccc12. The van der Waals surface area contributed by atoms with E-state index in [1.165, 1.54) is 0 Å². The number of aromatic nitrogens is 3. The van der Waals surface area contributed by atoms with Gasteiger partial charge in [-0.25, -0.2) is 9.48 Å². The van der Waals surface area contributed by atoms with Crippen LogP contribution in [0.15, 0.2) is 48.8 Å². The predicted octanol–water partition coefficient (Wildman–Crippen LogP) is 2.18. The summed E-state index contributed by atoms with van der Waals surface area (Å²) in [5.41, 5.74) is 1.05. The zero-order chi connectivity index (χ0) is 13.2. The molecule has 0 aliphatic carbocycles. The van der Waals surface area contributed by atoms with Gasteiger partial charge in [-0.3, -0.25) is 0 Å². The Morgan fingerprint density at radius 2 is 2.05 bits per heavy atom. The third-order valence-corrected chi connectivity index (χ3v) is 3.03. The summed E-state index contributed by atoms with van der Waals surface area (Å²) in [5.74, 6) is -0.924. The summed E-state index contributed by atoms with van der Waals surface area (Å²) in [5, 5.41) is 18.7. The van der Waals surface area contributed by atoms with Crippen LogP contribution in [0.2, 0.25) is 0 Å². The Labute approximate surface area is 109 Å². The number of carbonyl (C=O) groups is 1. The summed E-state index contributed by atoms with van der Waals surface area (Å²) in [6.07, 6.45) is 3.28.